The summed E-state index contributed by atoms with van der Waals surface area (Å²) in [7, 11) is 1.79. The lowest BCUT2D eigenvalue weighted by molar-refractivity contribution is -0.137. The van der Waals surface area contributed by atoms with Gasteiger partial charge in [-0.05, 0) is 36.7 Å². The number of carboxylic acid groups (broad SMARTS) is 1. The lowest BCUT2D eigenvalue weighted by Gasteiger charge is -2.15. The van der Waals surface area contributed by atoms with Crippen LogP contribution in [0, 0.1) is 0 Å². The first-order valence-corrected chi connectivity index (χ1v) is 7.50. The Morgan fingerprint density at radius 1 is 1.17 bits per heavy atom. The van der Waals surface area contributed by atoms with E-state index < -0.39 is 5.97 Å². The normalized spacial score (nSPS) is 10.7. The van der Waals surface area contributed by atoms with Gasteiger partial charge in [0.05, 0.1) is 12.2 Å². The quantitative estimate of drug-likeness (QED) is 0.732. The van der Waals surface area contributed by atoms with Gasteiger partial charge in [0.2, 0.25) is 0 Å². The molecule has 2 aromatic carbocycles. The number of carbonyl (C=O) groups is 1. The first-order chi connectivity index (χ1) is 11.0. The molecule has 2 aromatic rings. The number of likely N-dealkylation sites (N-methyl/N-ethyl adjacent to an activating group) is 1. The number of hydrogen-bond acceptors (Lipinski definition) is 4. The average Bonchev–Trinajstić information content (AvgIpc) is 2.52. The van der Waals surface area contributed by atoms with Crippen LogP contribution in [0.2, 0.25) is 0 Å². The number of anilines is 1. The molecular formula is C18H22N2O3. The lowest BCUT2D eigenvalue weighted by atomic mass is 10.1. The zero-order valence-electron chi connectivity index (χ0n) is 13.2. The Balaban J connectivity index is 1.88. The summed E-state index contributed by atoms with van der Waals surface area (Å²) >= 11 is 0. The van der Waals surface area contributed by atoms with Crippen LogP contribution in [0.4, 0.5) is 5.69 Å². The van der Waals surface area contributed by atoms with Crippen molar-refractivity contribution in [3.05, 3.63) is 59.7 Å². The van der Waals surface area contributed by atoms with Crippen molar-refractivity contribution in [2.24, 2.45) is 0 Å². The molecule has 0 aliphatic carbocycles. The Morgan fingerprint density at radius 3 is 2.57 bits per heavy atom. The van der Waals surface area contributed by atoms with Crippen molar-refractivity contribution in [3.63, 3.8) is 0 Å². The van der Waals surface area contributed by atoms with Crippen molar-refractivity contribution in [1.82, 2.24) is 4.90 Å². The molecule has 2 rings (SSSR count). The topological polar surface area (TPSA) is 75.8 Å². The summed E-state index contributed by atoms with van der Waals surface area (Å²) in [5, 5.41) is 8.74. The van der Waals surface area contributed by atoms with E-state index in [0.29, 0.717) is 24.6 Å². The SMILES string of the molecule is CN(CCc1ccc(OCc2ccccc2)c(N)c1)CC(=O)O. The fourth-order valence-corrected chi connectivity index (χ4v) is 2.25. The van der Waals surface area contributed by atoms with Crippen molar-refractivity contribution in [2.75, 3.05) is 25.9 Å². The molecule has 0 saturated heterocycles. The van der Waals surface area contributed by atoms with Crippen molar-refractivity contribution < 1.29 is 14.6 Å². The number of benzene rings is 2. The molecule has 0 atom stereocenters. The number of rotatable bonds is 8. The van der Waals surface area contributed by atoms with E-state index in [0.717, 1.165) is 17.5 Å². The van der Waals surface area contributed by atoms with Crippen LogP contribution in [0.1, 0.15) is 11.1 Å². The fraction of sp³-hybridized carbons (Fsp3) is 0.278. The third-order valence-electron chi connectivity index (χ3n) is 3.50. The van der Waals surface area contributed by atoms with Gasteiger partial charge in [0.1, 0.15) is 12.4 Å². The van der Waals surface area contributed by atoms with Gasteiger partial charge < -0.3 is 15.6 Å². The van der Waals surface area contributed by atoms with E-state index in [1.807, 2.05) is 48.5 Å². The standard InChI is InChI=1S/C18H22N2O3/c1-20(12-18(21)22)10-9-14-7-8-17(16(19)11-14)23-13-15-5-3-2-4-6-15/h2-8,11H,9-10,12-13,19H2,1H3,(H,21,22). The molecule has 5 nitrogen and oxygen atoms in total. The largest absolute Gasteiger partial charge is 0.487 e. The highest BCUT2D eigenvalue weighted by Crippen LogP contribution is 2.24. The first-order valence-electron chi connectivity index (χ1n) is 7.50. The van der Waals surface area contributed by atoms with Crippen LogP contribution >= 0.6 is 0 Å². The van der Waals surface area contributed by atoms with E-state index in [1.54, 1.807) is 11.9 Å². The summed E-state index contributed by atoms with van der Waals surface area (Å²) in [6.07, 6.45) is 0.743. The van der Waals surface area contributed by atoms with Gasteiger partial charge in [-0.2, -0.15) is 0 Å². The van der Waals surface area contributed by atoms with Gasteiger partial charge in [0, 0.05) is 6.54 Å². The van der Waals surface area contributed by atoms with Gasteiger partial charge in [-0.1, -0.05) is 36.4 Å². The molecule has 0 fully saturated rings. The van der Waals surface area contributed by atoms with Gasteiger partial charge in [-0.3, -0.25) is 9.69 Å². The number of nitrogens with zero attached hydrogens (tertiary/aromatic N) is 1. The van der Waals surface area contributed by atoms with E-state index in [9.17, 15) is 4.79 Å². The minimum atomic E-state index is -0.823. The second kappa shape index (κ2) is 8.19. The lowest BCUT2D eigenvalue weighted by Crippen LogP contribution is -2.27. The average molecular weight is 314 g/mol. The number of carboxylic acids is 1. The van der Waals surface area contributed by atoms with Crippen LogP contribution in [-0.4, -0.2) is 36.1 Å². The summed E-state index contributed by atoms with van der Waals surface area (Å²) < 4.78 is 5.74. The summed E-state index contributed by atoms with van der Waals surface area (Å²) in [5.41, 5.74) is 8.79. The van der Waals surface area contributed by atoms with E-state index >= 15 is 0 Å². The molecule has 0 spiro atoms. The smallest absolute Gasteiger partial charge is 0.317 e. The van der Waals surface area contributed by atoms with E-state index in [-0.39, 0.29) is 6.54 Å². The molecular weight excluding hydrogens is 292 g/mol. The van der Waals surface area contributed by atoms with Crippen molar-refractivity contribution in [1.29, 1.82) is 0 Å². The molecule has 0 aliphatic heterocycles. The highest BCUT2D eigenvalue weighted by Gasteiger charge is 2.06. The van der Waals surface area contributed by atoms with E-state index in [2.05, 4.69) is 0 Å². The Labute approximate surface area is 136 Å². The van der Waals surface area contributed by atoms with E-state index in [4.69, 9.17) is 15.6 Å². The van der Waals surface area contributed by atoms with Gasteiger partial charge in [-0.25, -0.2) is 0 Å². The molecule has 122 valence electrons. The molecule has 0 radical (unpaired) electrons. The summed E-state index contributed by atoms with van der Waals surface area (Å²) in [4.78, 5) is 12.4. The summed E-state index contributed by atoms with van der Waals surface area (Å²) in [5.74, 6) is -0.159. The predicted octanol–water partition coefficient (Wildman–Crippen LogP) is 2.41. The molecule has 3 N–H and O–H groups in total. The van der Waals surface area contributed by atoms with Crippen LogP contribution in [0.3, 0.4) is 0 Å². The maximum Gasteiger partial charge on any atom is 0.317 e. The Morgan fingerprint density at radius 2 is 1.91 bits per heavy atom. The summed E-state index contributed by atoms with van der Waals surface area (Å²) in [6, 6.07) is 15.6. The molecule has 0 heterocycles. The van der Waals surface area contributed by atoms with Crippen molar-refractivity contribution in [2.45, 2.75) is 13.0 Å². The minimum Gasteiger partial charge on any atom is -0.487 e. The molecule has 0 unspecified atom stereocenters. The van der Waals surface area contributed by atoms with Gasteiger partial charge >= 0.3 is 5.97 Å². The highest BCUT2D eigenvalue weighted by molar-refractivity contribution is 5.69. The zero-order chi connectivity index (χ0) is 16.7. The van der Waals surface area contributed by atoms with Crippen LogP contribution < -0.4 is 10.5 Å². The second-order valence-electron chi connectivity index (χ2n) is 5.53. The van der Waals surface area contributed by atoms with Crippen molar-refractivity contribution >= 4 is 11.7 Å². The first kappa shape index (κ1) is 16.8. The van der Waals surface area contributed by atoms with Crippen LogP contribution in [-0.2, 0) is 17.8 Å². The summed E-state index contributed by atoms with van der Waals surface area (Å²) in [6.45, 7) is 1.18. The second-order valence-corrected chi connectivity index (χ2v) is 5.53. The van der Waals surface area contributed by atoms with Crippen LogP contribution in [0.25, 0.3) is 0 Å². The predicted molar refractivity (Wildman–Crippen MR) is 90.5 cm³/mol. The number of hydrogen-bond donors (Lipinski definition) is 2. The van der Waals surface area contributed by atoms with Crippen LogP contribution in [0.5, 0.6) is 5.75 Å². The maximum atomic E-state index is 10.6. The van der Waals surface area contributed by atoms with Gasteiger partial charge in [0.25, 0.3) is 0 Å². The maximum absolute atomic E-state index is 10.6. The zero-order valence-corrected chi connectivity index (χ0v) is 13.2. The third kappa shape index (κ3) is 5.64. The van der Waals surface area contributed by atoms with Crippen LogP contribution in [0.15, 0.2) is 48.5 Å². The number of aliphatic carboxylic acids is 1. The monoisotopic (exact) mass is 314 g/mol. The molecule has 5 heteroatoms. The molecule has 0 amide bonds. The van der Waals surface area contributed by atoms with Crippen molar-refractivity contribution in [3.8, 4) is 5.75 Å². The minimum absolute atomic E-state index is 0.0355. The Hall–Kier alpha value is -2.53. The molecule has 23 heavy (non-hydrogen) atoms. The Bertz CT molecular complexity index is 644. The number of ether oxygens (including phenoxy) is 1. The Kier molecular flexibility index (Phi) is 6.00. The third-order valence-corrected chi connectivity index (χ3v) is 3.50. The number of nitrogens with two attached hydrogens (primary N) is 1. The van der Waals surface area contributed by atoms with E-state index in [1.165, 1.54) is 0 Å². The fourth-order valence-electron chi connectivity index (χ4n) is 2.25. The highest BCUT2D eigenvalue weighted by atomic mass is 16.5. The molecule has 0 saturated carbocycles. The van der Waals surface area contributed by atoms with Gasteiger partial charge in [-0.15, -0.1) is 0 Å². The molecule has 0 bridgehead atoms. The molecule has 0 aromatic heterocycles. The molecule has 0 aliphatic rings. The van der Waals surface area contributed by atoms with Gasteiger partial charge in [0.15, 0.2) is 0 Å². The number of nitrogen functional groups attached to an aromatic ring is 1.